The van der Waals surface area contributed by atoms with Gasteiger partial charge in [0.15, 0.2) is 0 Å². The van der Waals surface area contributed by atoms with Crippen LogP contribution >= 0.6 is 0 Å². The van der Waals surface area contributed by atoms with Gasteiger partial charge >= 0.3 is 0 Å². The summed E-state index contributed by atoms with van der Waals surface area (Å²) in [4.78, 5) is 3.15. The molecule has 0 atom stereocenters. The first-order chi connectivity index (χ1) is 8.29. The van der Waals surface area contributed by atoms with E-state index >= 15 is 0 Å². The van der Waals surface area contributed by atoms with Crippen molar-refractivity contribution in [1.82, 2.24) is 4.98 Å². The van der Waals surface area contributed by atoms with E-state index < -0.39 is 0 Å². The molecule has 0 aromatic carbocycles. The van der Waals surface area contributed by atoms with Crippen molar-refractivity contribution in [2.75, 3.05) is 0 Å². The van der Waals surface area contributed by atoms with E-state index in [1.54, 1.807) is 0 Å². The zero-order chi connectivity index (χ0) is 11.5. The molecule has 4 saturated carbocycles. The monoisotopic (exact) mass is 226 g/mol. The second kappa shape index (κ2) is 3.16. The minimum atomic E-state index is 0.361. The zero-order valence-electron chi connectivity index (χ0n) is 10.1. The minimum Gasteiger partial charge on any atom is -0.366 e. The first kappa shape index (κ1) is 9.76. The number of H-pyrrole nitrogens is 1. The van der Waals surface area contributed by atoms with Gasteiger partial charge < -0.3 is 4.98 Å². The molecule has 1 aromatic heterocycles. The van der Waals surface area contributed by atoms with Crippen molar-refractivity contribution < 1.29 is 0 Å². The van der Waals surface area contributed by atoms with Crippen molar-refractivity contribution in [3.63, 3.8) is 0 Å². The summed E-state index contributed by atoms with van der Waals surface area (Å²) >= 11 is 0. The van der Waals surface area contributed by atoms with Gasteiger partial charge in [0.25, 0.3) is 0 Å². The van der Waals surface area contributed by atoms with Crippen LogP contribution in [0.5, 0.6) is 0 Å². The predicted molar refractivity (Wildman–Crippen MR) is 65.4 cm³/mol. The lowest BCUT2D eigenvalue weighted by molar-refractivity contribution is -0.00523. The molecule has 0 aliphatic heterocycles. The average Bonchev–Trinajstić information content (AvgIpc) is 2.75. The zero-order valence-corrected chi connectivity index (χ0v) is 10.1. The average molecular weight is 226 g/mol. The summed E-state index contributed by atoms with van der Waals surface area (Å²) in [6.07, 6.45) is 12.4. The number of nitriles is 1. The third kappa shape index (κ3) is 1.26. The molecular formula is C15H18N2. The highest BCUT2D eigenvalue weighted by Crippen LogP contribution is 2.61. The third-order valence-electron chi connectivity index (χ3n) is 5.48. The Morgan fingerprint density at radius 2 is 1.65 bits per heavy atom. The number of aromatic amines is 1. The molecule has 4 aliphatic carbocycles. The number of hydrogen-bond acceptors (Lipinski definition) is 1. The minimum absolute atomic E-state index is 0.361. The highest BCUT2D eigenvalue weighted by molar-refractivity contribution is 5.42. The molecule has 2 nitrogen and oxygen atoms in total. The van der Waals surface area contributed by atoms with Crippen LogP contribution in [0, 0.1) is 29.1 Å². The van der Waals surface area contributed by atoms with Gasteiger partial charge in [-0.05, 0) is 67.3 Å². The molecule has 1 N–H and O–H groups in total. The van der Waals surface area contributed by atoms with Crippen LogP contribution in [-0.4, -0.2) is 4.98 Å². The van der Waals surface area contributed by atoms with E-state index in [9.17, 15) is 5.26 Å². The lowest BCUT2D eigenvalue weighted by Crippen LogP contribution is -2.48. The van der Waals surface area contributed by atoms with E-state index in [0.29, 0.717) is 5.41 Å². The smallest absolute Gasteiger partial charge is 0.101 e. The first-order valence-electron chi connectivity index (χ1n) is 6.86. The highest BCUT2D eigenvalue weighted by atomic mass is 14.7. The maximum absolute atomic E-state index is 9.24. The van der Waals surface area contributed by atoms with Crippen LogP contribution in [0.15, 0.2) is 12.4 Å². The van der Waals surface area contributed by atoms with Crippen molar-refractivity contribution in [1.29, 1.82) is 5.26 Å². The van der Waals surface area contributed by atoms with E-state index in [2.05, 4.69) is 17.3 Å². The fraction of sp³-hybridized carbons (Fsp3) is 0.667. The summed E-state index contributed by atoms with van der Waals surface area (Å²) in [6, 6.07) is 2.37. The fourth-order valence-corrected chi connectivity index (χ4v) is 5.34. The topological polar surface area (TPSA) is 39.6 Å². The van der Waals surface area contributed by atoms with Gasteiger partial charge in [0.2, 0.25) is 0 Å². The molecule has 0 radical (unpaired) electrons. The van der Waals surface area contributed by atoms with Crippen molar-refractivity contribution in [2.24, 2.45) is 17.8 Å². The van der Waals surface area contributed by atoms with Gasteiger partial charge in [-0.3, -0.25) is 0 Å². The standard InChI is InChI=1S/C15H18N2/c16-7-13-8-17-9-14(13)15-4-10-1-11(5-15)3-12(2-10)6-15/h8-12,17H,1-6H2. The van der Waals surface area contributed by atoms with Crippen LogP contribution in [0.2, 0.25) is 0 Å². The molecule has 1 heterocycles. The molecule has 4 bridgehead atoms. The van der Waals surface area contributed by atoms with Gasteiger partial charge in [-0.15, -0.1) is 0 Å². The Labute approximate surface area is 102 Å². The van der Waals surface area contributed by atoms with Gasteiger partial charge in [0.05, 0.1) is 5.56 Å². The molecule has 2 heteroatoms. The van der Waals surface area contributed by atoms with Crippen LogP contribution in [0.3, 0.4) is 0 Å². The maximum Gasteiger partial charge on any atom is 0.101 e. The van der Waals surface area contributed by atoms with E-state index in [1.807, 2.05) is 6.20 Å². The molecule has 0 amide bonds. The highest BCUT2D eigenvalue weighted by Gasteiger charge is 2.52. The van der Waals surface area contributed by atoms with E-state index in [1.165, 1.54) is 44.1 Å². The first-order valence-corrected chi connectivity index (χ1v) is 6.86. The number of nitrogens with one attached hydrogen (secondary N) is 1. The molecule has 5 rings (SSSR count). The van der Waals surface area contributed by atoms with E-state index in [0.717, 1.165) is 23.3 Å². The SMILES string of the molecule is N#Cc1c[nH]cc1C12CC3CC(CC(C3)C1)C2. The Bertz CT molecular complexity index is 456. The van der Waals surface area contributed by atoms with Crippen molar-refractivity contribution >= 4 is 0 Å². The Morgan fingerprint density at radius 3 is 2.18 bits per heavy atom. The van der Waals surface area contributed by atoms with E-state index in [4.69, 9.17) is 0 Å². The number of rotatable bonds is 1. The summed E-state index contributed by atoms with van der Waals surface area (Å²) in [7, 11) is 0. The molecular weight excluding hydrogens is 208 g/mol. The molecule has 0 unspecified atom stereocenters. The molecule has 17 heavy (non-hydrogen) atoms. The van der Waals surface area contributed by atoms with E-state index in [-0.39, 0.29) is 0 Å². The second-order valence-corrected chi connectivity index (χ2v) is 6.59. The van der Waals surface area contributed by atoms with Gasteiger partial charge in [0.1, 0.15) is 6.07 Å². The fourth-order valence-electron chi connectivity index (χ4n) is 5.34. The Hall–Kier alpha value is -1.23. The number of hydrogen-bond donors (Lipinski definition) is 1. The molecule has 88 valence electrons. The molecule has 0 spiro atoms. The van der Waals surface area contributed by atoms with Gasteiger partial charge in [0, 0.05) is 12.4 Å². The second-order valence-electron chi connectivity index (χ2n) is 6.59. The Balaban J connectivity index is 1.80. The Morgan fingerprint density at radius 1 is 1.06 bits per heavy atom. The van der Waals surface area contributed by atoms with Crippen LogP contribution in [0.25, 0.3) is 0 Å². The van der Waals surface area contributed by atoms with Gasteiger partial charge in [-0.25, -0.2) is 0 Å². The normalized spacial score (nSPS) is 42.6. The molecule has 4 fully saturated rings. The molecule has 4 aliphatic rings. The largest absolute Gasteiger partial charge is 0.366 e. The summed E-state index contributed by atoms with van der Waals surface area (Å²) in [5.74, 6) is 2.84. The lowest BCUT2D eigenvalue weighted by atomic mass is 9.48. The van der Waals surface area contributed by atoms with Gasteiger partial charge in [-0.1, -0.05) is 0 Å². The van der Waals surface area contributed by atoms with Crippen LogP contribution in [0.1, 0.15) is 49.7 Å². The Kier molecular flexibility index (Phi) is 1.82. The summed E-state index contributed by atoms with van der Waals surface area (Å²) < 4.78 is 0. The summed E-state index contributed by atoms with van der Waals surface area (Å²) in [6.45, 7) is 0. The number of aromatic nitrogens is 1. The lowest BCUT2D eigenvalue weighted by Gasteiger charge is -2.57. The third-order valence-corrected chi connectivity index (χ3v) is 5.48. The van der Waals surface area contributed by atoms with Gasteiger partial charge in [-0.2, -0.15) is 5.26 Å². The number of nitrogens with zero attached hydrogens (tertiary/aromatic N) is 1. The van der Waals surface area contributed by atoms with Crippen LogP contribution in [-0.2, 0) is 5.41 Å². The predicted octanol–water partition coefficient (Wildman–Crippen LogP) is 3.35. The van der Waals surface area contributed by atoms with Crippen molar-refractivity contribution in [3.05, 3.63) is 23.5 Å². The quantitative estimate of drug-likeness (QED) is 0.783. The molecule has 0 saturated heterocycles. The van der Waals surface area contributed by atoms with Crippen LogP contribution in [0.4, 0.5) is 0 Å². The van der Waals surface area contributed by atoms with Crippen LogP contribution < -0.4 is 0 Å². The van der Waals surface area contributed by atoms with Crippen molar-refractivity contribution in [3.8, 4) is 6.07 Å². The summed E-state index contributed by atoms with van der Waals surface area (Å²) in [5.41, 5.74) is 2.59. The molecule has 1 aromatic rings. The maximum atomic E-state index is 9.24. The summed E-state index contributed by atoms with van der Waals surface area (Å²) in [5, 5.41) is 9.24. The van der Waals surface area contributed by atoms with Crippen molar-refractivity contribution in [2.45, 2.75) is 43.9 Å².